The first-order valence-electron chi connectivity index (χ1n) is 9.03. The zero-order valence-corrected chi connectivity index (χ0v) is 16.5. The predicted octanol–water partition coefficient (Wildman–Crippen LogP) is 4.65. The van der Waals surface area contributed by atoms with Crippen LogP contribution in [0.3, 0.4) is 0 Å². The van der Waals surface area contributed by atoms with Crippen LogP contribution in [0.25, 0.3) is 0 Å². The molecule has 4 rings (SSSR count). The smallest absolute Gasteiger partial charge is 0.439 e. The van der Waals surface area contributed by atoms with Gasteiger partial charge in [0.25, 0.3) is 0 Å². The Hall–Kier alpha value is -3.81. The van der Waals surface area contributed by atoms with E-state index in [-0.39, 0.29) is 0 Å². The van der Waals surface area contributed by atoms with Gasteiger partial charge in [0.2, 0.25) is 5.95 Å². The number of carbonyl (C=O) groups is 1. The van der Waals surface area contributed by atoms with Gasteiger partial charge in [-0.2, -0.15) is 10.3 Å². The van der Waals surface area contributed by atoms with E-state index in [2.05, 4.69) is 25.9 Å². The van der Waals surface area contributed by atoms with E-state index in [0.717, 1.165) is 33.8 Å². The van der Waals surface area contributed by atoms with E-state index in [1.165, 1.54) is 0 Å². The van der Waals surface area contributed by atoms with Gasteiger partial charge in [-0.05, 0) is 56.2 Å². The first-order valence-corrected chi connectivity index (χ1v) is 9.03. The van der Waals surface area contributed by atoms with Crippen LogP contribution in [0.2, 0.25) is 0 Å². The van der Waals surface area contributed by atoms with E-state index >= 15 is 0 Å². The first kappa shape index (κ1) is 18.5. The van der Waals surface area contributed by atoms with Gasteiger partial charge in [-0.15, -0.1) is 0 Å². The number of fused-ring (bicyclic) bond motifs is 1. The highest BCUT2D eigenvalue weighted by Crippen LogP contribution is 2.34. The van der Waals surface area contributed by atoms with E-state index in [0.29, 0.717) is 23.2 Å². The minimum atomic E-state index is -0.606. The summed E-state index contributed by atoms with van der Waals surface area (Å²) in [6.45, 7) is 5.96. The third-order valence-corrected chi connectivity index (χ3v) is 4.70. The summed E-state index contributed by atoms with van der Waals surface area (Å²) in [6.07, 6.45) is 1.13. The second-order valence-corrected chi connectivity index (χ2v) is 6.76. The fraction of sp³-hybridized carbons (Fsp3) is 0.190. The Morgan fingerprint density at radius 3 is 2.62 bits per heavy atom. The zero-order chi connectivity index (χ0) is 20.5. The van der Waals surface area contributed by atoms with Crippen molar-refractivity contribution >= 4 is 34.9 Å². The average molecular weight is 390 g/mol. The van der Waals surface area contributed by atoms with Gasteiger partial charge in [-0.3, -0.25) is 0 Å². The fourth-order valence-electron chi connectivity index (χ4n) is 2.99. The number of benzene rings is 2. The number of nitrogens with one attached hydrogen (secondary N) is 2. The quantitative estimate of drug-likeness (QED) is 0.654. The van der Waals surface area contributed by atoms with Crippen molar-refractivity contribution in [3.05, 3.63) is 53.2 Å². The van der Waals surface area contributed by atoms with Crippen molar-refractivity contribution in [1.82, 2.24) is 15.3 Å². The molecule has 8 nitrogen and oxygen atoms in total. The summed E-state index contributed by atoms with van der Waals surface area (Å²) < 4.78 is 10.4. The molecule has 29 heavy (non-hydrogen) atoms. The standard InChI is InChI=1S/C21H20N5O3/c1-11-7-15(9-18(28-4)13(11)3)24-20-22-10-12(2)19(26-20)23-14-5-6-17-16(8-14)25-21(27)29-17/h5-10H,1-4H3,(H2,22,23,24,26). The van der Waals surface area contributed by atoms with Crippen LogP contribution in [0, 0.1) is 20.8 Å². The second kappa shape index (κ2) is 7.31. The molecule has 2 aromatic carbocycles. The molecule has 1 aliphatic heterocycles. The molecule has 1 amide bonds. The normalized spacial score (nSPS) is 12.1. The van der Waals surface area contributed by atoms with E-state index in [1.807, 2.05) is 32.9 Å². The van der Waals surface area contributed by atoms with Gasteiger partial charge in [-0.25, -0.2) is 9.78 Å². The summed E-state index contributed by atoms with van der Waals surface area (Å²) in [6, 6.07) is 9.17. The van der Waals surface area contributed by atoms with Crippen LogP contribution in [0.4, 0.5) is 33.6 Å². The lowest BCUT2D eigenvalue weighted by Gasteiger charge is -2.14. The Kier molecular flexibility index (Phi) is 4.67. The number of ether oxygens (including phenoxy) is 2. The second-order valence-electron chi connectivity index (χ2n) is 6.76. The van der Waals surface area contributed by atoms with Crippen molar-refractivity contribution in [1.29, 1.82) is 0 Å². The maximum atomic E-state index is 11.3. The summed E-state index contributed by atoms with van der Waals surface area (Å²) in [5.74, 6) is 2.35. The number of hydrogen-bond donors (Lipinski definition) is 2. The van der Waals surface area contributed by atoms with Crippen molar-refractivity contribution in [2.75, 3.05) is 17.7 Å². The molecule has 1 radical (unpaired) electrons. The van der Waals surface area contributed by atoms with Crippen molar-refractivity contribution in [2.24, 2.45) is 0 Å². The summed E-state index contributed by atoms with van der Waals surface area (Å²) in [5.41, 5.74) is 5.15. The van der Waals surface area contributed by atoms with Crippen molar-refractivity contribution in [2.45, 2.75) is 20.8 Å². The lowest BCUT2D eigenvalue weighted by atomic mass is 10.1. The van der Waals surface area contributed by atoms with Gasteiger partial charge >= 0.3 is 6.09 Å². The molecule has 3 aromatic rings. The molecule has 1 aliphatic rings. The summed E-state index contributed by atoms with van der Waals surface area (Å²) >= 11 is 0. The highest BCUT2D eigenvalue weighted by molar-refractivity contribution is 5.86. The first-order chi connectivity index (χ1) is 13.9. The van der Waals surface area contributed by atoms with Crippen LogP contribution >= 0.6 is 0 Å². The number of aromatic nitrogens is 2. The summed E-state index contributed by atoms with van der Waals surface area (Å²) in [4.78, 5) is 20.2. The van der Waals surface area contributed by atoms with Crippen molar-refractivity contribution < 1.29 is 14.3 Å². The van der Waals surface area contributed by atoms with E-state index < -0.39 is 6.09 Å². The number of anilines is 4. The van der Waals surface area contributed by atoms with Gasteiger partial charge in [0, 0.05) is 29.2 Å². The van der Waals surface area contributed by atoms with Crippen LogP contribution in [0.5, 0.6) is 11.5 Å². The Balaban J connectivity index is 1.58. The van der Waals surface area contributed by atoms with Gasteiger partial charge in [-0.1, -0.05) is 0 Å². The van der Waals surface area contributed by atoms with E-state index in [1.54, 1.807) is 31.5 Å². The van der Waals surface area contributed by atoms with Gasteiger partial charge in [0.05, 0.1) is 7.11 Å². The predicted molar refractivity (Wildman–Crippen MR) is 110 cm³/mol. The molecule has 0 aliphatic carbocycles. The minimum absolute atomic E-state index is 0.450. The third-order valence-electron chi connectivity index (χ3n) is 4.70. The lowest BCUT2D eigenvalue weighted by Crippen LogP contribution is -2.05. The number of aryl methyl sites for hydroxylation is 2. The number of amides is 1. The number of rotatable bonds is 5. The van der Waals surface area contributed by atoms with Crippen LogP contribution < -0.4 is 25.4 Å². The van der Waals surface area contributed by atoms with Crippen LogP contribution in [0.15, 0.2) is 36.5 Å². The Morgan fingerprint density at radius 2 is 1.83 bits per heavy atom. The molecular formula is C21H20N5O3. The maximum Gasteiger partial charge on any atom is 0.439 e. The van der Waals surface area contributed by atoms with Gasteiger partial charge in [0.15, 0.2) is 5.75 Å². The molecule has 1 aromatic heterocycles. The molecule has 0 saturated carbocycles. The summed E-state index contributed by atoms with van der Waals surface area (Å²) in [5, 5.41) is 10.3. The molecule has 0 bridgehead atoms. The Bertz CT molecular complexity index is 1110. The molecule has 0 spiro atoms. The topological polar surface area (TPSA) is 99.5 Å². The zero-order valence-electron chi connectivity index (χ0n) is 16.5. The SMILES string of the molecule is COc1cc(Nc2ncc(C)c(Nc3ccc4c(c3)[N]C(=O)O4)n2)cc(C)c1C. The molecule has 2 N–H and O–H groups in total. The van der Waals surface area contributed by atoms with E-state index in [9.17, 15) is 4.79 Å². The molecule has 8 heteroatoms. The minimum Gasteiger partial charge on any atom is -0.496 e. The van der Waals surface area contributed by atoms with Gasteiger partial charge in [0.1, 0.15) is 17.3 Å². The lowest BCUT2D eigenvalue weighted by molar-refractivity contribution is 0.211. The largest absolute Gasteiger partial charge is 0.496 e. The number of hydrogen-bond acceptors (Lipinski definition) is 7. The highest BCUT2D eigenvalue weighted by Gasteiger charge is 2.22. The molecule has 0 fully saturated rings. The van der Waals surface area contributed by atoms with E-state index in [4.69, 9.17) is 9.47 Å². The average Bonchev–Trinajstić information content (AvgIpc) is 3.06. The summed E-state index contributed by atoms with van der Waals surface area (Å²) in [7, 11) is 1.65. The third kappa shape index (κ3) is 3.77. The molecule has 2 heterocycles. The van der Waals surface area contributed by atoms with Crippen LogP contribution in [-0.4, -0.2) is 23.2 Å². The molecule has 147 valence electrons. The van der Waals surface area contributed by atoms with Gasteiger partial charge < -0.3 is 20.1 Å². The molecule has 0 atom stereocenters. The molecule has 0 unspecified atom stereocenters. The molecular weight excluding hydrogens is 370 g/mol. The van der Waals surface area contributed by atoms with Crippen molar-refractivity contribution in [3.63, 3.8) is 0 Å². The number of nitrogens with zero attached hydrogens (tertiary/aromatic N) is 3. The Morgan fingerprint density at radius 1 is 1.00 bits per heavy atom. The fourth-order valence-corrected chi connectivity index (χ4v) is 2.99. The monoisotopic (exact) mass is 390 g/mol. The number of carbonyl (C=O) groups excluding carboxylic acids is 1. The Labute approximate surface area is 168 Å². The van der Waals surface area contributed by atoms with Crippen LogP contribution in [-0.2, 0) is 0 Å². The highest BCUT2D eigenvalue weighted by atomic mass is 16.6. The van der Waals surface area contributed by atoms with Crippen LogP contribution in [0.1, 0.15) is 16.7 Å². The number of methoxy groups -OCH3 is 1. The maximum absolute atomic E-state index is 11.3. The molecule has 0 saturated heterocycles. The van der Waals surface area contributed by atoms with Crippen molar-refractivity contribution in [3.8, 4) is 11.5 Å².